The van der Waals surface area contributed by atoms with E-state index in [-0.39, 0.29) is 28.3 Å². The van der Waals surface area contributed by atoms with Crippen LogP contribution in [0.2, 0.25) is 0 Å². The van der Waals surface area contributed by atoms with Gasteiger partial charge in [-0.05, 0) is 12.5 Å². The summed E-state index contributed by atoms with van der Waals surface area (Å²) in [5.41, 5.74) is 0.0458. The average Bonchev–Trinajstić information content (AvgIpc) is 2.50. The third-order valence-corrected chi connectivity index (χ3v) is 3.45. The second-order valence-electron chi connectivity index (χ2n) is 4.62. The smallest absolute Gasteiger partial charge is 0.347 e. The van der Waals surface area contributed by atoms with Crippen molar-refractivity contribution in [3.05, 3.63) is 45.8 Å². The molecule has 0 unspecified atom stereocenters. The number of hydrogen-bond donors (Lipinski definition) is 1. The van der Waals surface area contributed by atoms with E-state index in [0.717, 1.165) is 12.8 Å². The molecule has 0 radical (unpaired) electrons. The lowest BCUT2D eigenvalue weighted by atomic mass is 10.2. The highest BCUT2D eigenvalue weighted by molar-refractivity contribution is 6.17. The first-order chi connectivity index (χ1) is 10.1. The number of carbonyl (C=O) groups excluding carboxylic acids is 1. The molecule has 2 aromatic rings. The Morgan fingerprint density at radius 2 is 2.14 bits per heavy atom. The Balaban J connectivity index is 2.59. The zero-order valence-electron chi connectivity index (χ0n) is 11.6. The van der Waals surface area contributed by atoms with Crippen molar-refractivity contribution < 1.29 is 9.22 Å². The van der Waals surface area contributed by atoms with Gasteiger partial charge in [0.2, 0.25) is 0 Å². The molecule has 0 spiro atoms. The number of unbranched alkanes of at least 4 members (excludes halogenated alkanes) is 1. The largest absolute Gasteiger partial charge is 0.805 e. The summed E-state index contributed by atoms with van der Waals surface area (Å²) in [6.45, 7) is 2.44. The third kappa shape index (κ3) is 2.85. The lowest BCUT2D eigenvalue weighted by Crippen LogP contribution is -2.37. The van der Waals surface area contributed by atoms with Gasteiger partial charge in [-0.2, -0.15) is 0 Å². The fourth-order valence-corrected chi connectivity index (χ4v) is 2.33. The van der Waals surface area contributed by atoms with Gasteiger partial charge in [-0.25, -0.2) is 0 Å². The number of rotatable bonds is 5. The molecule has 0 saturated heterocycles. The molecule has 112 valence electrons. The highest BCUT2D eigenvalue weighted by Gasteiger charge is 2.28. The molecule has 1 N–H and O–H groups in total. The number of carbonyl (C=O) groups is 1. The van der Waals surface area contributed by atoms with E-state index in [0.29, 0.717) is 15.7 Å². The van der Waals surface area contributed by atoms with Gasteiger partial charge in [0.15, 0.2) is 0 Å². The maximum absolute atomic E-state index is 12.4. The van der Waals surface area contributed by atoms with Gasteiger partial charge in [-0.3, -0.25) is 4.79 Å². The number of para-hydroxylation sites is 2. The van der Waals surface area contributed by atoms with Crippen molar-refractivity contribution in [2.75, 3.05) is 6.54 Å². The molecule has 6 nitrogen and oxygen atoms in total. The normalized spacial score (nSPS) is 10.8. The molecule has 7 heteroatoms. The van der Waals surface area contributed by atoms with Crippen LogP contribution in [0.15, 0.2) is 24.3 Å². The molecule has 1 aromatic carbocycles. The van der Waals surface area contributed by atoms with Crippen molar-refractivity contribution in [3.63, 3.8) is 0 Å². The molecule has 1 heterocycles. The molecule has 0 bridgehead atoms. The van der Waals surface area contributed by atoms with E-state index < -0.39 is 5.91 Å². The predicted octanol–water partition coefficient (Wildman–Crippen LogP) is 2.17. The second kappa shape index (κ2) is 6.58. The highest BCUT2D eigenvalue weighted by atomic mass is 35.5. The molecule has 0 aliphatic heterocycles. The Morgan fingerprint density at radius 1 is 1.43 bits per heavy atom. The number of halogens is 1. The summed E-state index contributed by atoms with van der Waals surface area (Å²) in [6.07, 6.45) is 1.71. The lowest BCUT2D eigenvalue weighted by Gasteiger charge is -2.17. The van der Waals surface area contributed by atoms with E-state index in [9.17, 15) is 14.9 Å². The van der Waals surface area contributed by atoms with Crippen LogP contribution in [0.1, 0.15) is 35.9 Å². The zero-order valence-corrected chi connectivity index (χ0v) is 12.4. The highest BCUT2D eigenvalue weighted by Crippen LogP contribution is 2.16. The van der Waals surface area contributed by atoms with Crippen LogP contribution in [-0.2, 0) is 5.88 Å². The maximum Gasteiger partial charge on any atom is 0.347 e. The van der Waals surface area contributed by atoms with Crippen LogP contribution in [-0.4, -0.2) is 17.2 Å². The molecule has 2 rings (SSSR count). The molecule has 21 heavy (non-hydrogen) atoms. The number of amides is 1. The number of nitrogens with one attached hydrogen (secondary N) is 1. The Morgan fingerprint density at radius 3 is 2.81 bits per heavy atom. The molecule has 0 fully saturated rings. The van der Waals surface area contributed by atoms with Crippen molar-refractivity contribution in [3.8, 4) is 0 Å². The topological polar surface area (TPSA) is 80.1 Å². The zero-order chi connectivity index (χ0) is 15.4. The van der Waals surface area contributed by atoms with Gasteiger partial charge in [0.05, 0.1) is 10.3 Å². The molecule has 0 saturated carbocycles. The van der Waals surface area contributed by atoms with E-state index in [1.807, 2.05) is 6.92 Å². The molecule has 0 aliphatic carbocycles. The van der Waals surface area contributed by atoms with Crippen molar-refractivity contribution in [2.45, 2.75) is 25.6 Å². The number of aromatic nitrogens is 2. The van der Waals surface area contributed by atoms with Crippen molar-refractivity contribution in [2.24, 2.45) is 0 Å². The minimum atomic E-state index is -0.579. The van der Waals surface area contributed by atoms with Gasteiger partial charge in [-0.15, -0.1) is 11.6 Å². The minimum absolute atomic E-state index is 0.0423. The summed E-state index contributed by atoms with van der Waals surface area (Å²) in [4.78, 5) is 24.6. The average molecular weight is 310 g/mol. The van der Waals surface area contributed by atoms with E-state index in [1.165, 1.54) is 12.1 Å². The van der Waals surface area contributed by atoms with Crippen LogP contribution in [0.25, 0.3) is 11.0 Å². The first kappa shape index (κ1) is 15.3. The first-order valence-corrected chi connectivity index (χ1v) is 7.26. The predicted molar refractivity (Wildman–Crippen MR) is 80.9 cm³/mol. The van der Waals surface area contributed by atoms with Crippen LogP contribution in [0, 0.1) is 10.1 Å². The summed E-state index contributed by atoms with van der Waals surface area (Å²) in [5.74, 6) is -0.794. The van der Waals surface area contributed by atoms with Crippen molar-refractivity contribution >= 4 is 28.5 Å². The third-order valence-electron chi connectivity index (χ3n) is 3.20. The fraction of sp³-hybridized carbons (Fsp3) is 0.357. The van der Waals surface area contributed by atoms with Gasteiger partial charge >= 0.3 is 11.6 Å². The number of hydrogen-bond acceptors (Lipinski definition) is 3. The van der Waals surface area contributed by atoms with E-state index in [2.05, 4.69) is 5.32 Å². The maximum atomic E-state index is 12.4. The number of benzene rings is 1. The molecular formula is C14H16ClN3O3. The number of fused-ring (bicyclic) bond motifs is 1. The van der Waals surface area contributed by atoms with Gasteiger partial charge < -0.3 is 15.3 Å². The van der Waals surface area contributed by atoms with Crippen molar-refractivity contribution in [1.29, 1.82) is 0 Å². The quantitative estimate of drug-likeness (QED) is 0.522. The molecular weight excluding hydrogens is 294 g/mol. The van der Waals surface area contributed by atoms with E-state index in [1.54, 1.807) is 12.1 Å². The lowest BCUT2D eigenvalue weighted by molar-refractivity contribution is -0.468. The molecule has 1 amide bonds. The Labute approximate surface area is 126 Å². The summed E-state index contributed by atoms with van der Waals surface area (Å²) < 4.78 is 1.02. The van der Waals surface area contributed by atoms with Crippen LogP contribution in [0.5, 0.6) is 0 Å². The molecule has 0 atom stereocenters. The van der Waals surface area contributed by atoms with E-state index >= 15 is 0 Å². The van der Waals surface area contributed by atoms with Gasteiger partial charge in [0.25, 0.3) is 5.52 Å². The Hall–Kier alpha value is -2.08. The molecule has 1 aromatic heterocycles. The van der Waals surface area contributed by atoms with E-state index in [4.69, 9.17) is 11.6 Å². The van der Waals surface area contributed by atoms with Crippen LogP contribution < -0.4 is 9.74 Å². The Kier molecular flexibility index (Phi) is 4.80. The minimum Gasteiger partial charge on any atom is -0.805 e. The first-order valence-electron chi connectivity index (χ1n) is 6.72. The van der Waals surface area contributed by atoms with Crippen molar-refractivity contribution in [1.82, 2.24) is 10.0 Å². The van der Waals surface area contributed by atoms with Gasteiger partial charge in [0, 0.05) is 17.5 Å². The summed E-state index contributed by atoms with van der Waals surface area (Å²) >= 11 is 5.76. The number of nitrogens with zero attached hydrogens (tertiary/aromatic N) is 2. The van der Waals surface area contributed by atoms with Crippen LogP contribution in [0.4, 0.5) is 0 Å². The standard InChI is InChI=1S/C14H16ClN3O3/c1-2-3-8-16-14(19)13-12(9-15)17(20)10-6-4-5-7-11(10)18(13)21/h4-7H,2-3,8-9H2,1H3,(H,16,19). The number of alkyl halides is 1. The second-order valence-corrected chi connectivity index (χ2v) is 4.88. The van der Waals surface area contributed by atoms with Crippen LogP contribution in [0.3, 0.4) is 0 Å². The van der Waals surface area contributed by atoms with Crippen LogP contribution >= 0.6 is 11.6 Å². The van der Waals surface area contributed by atoms with Gasteiger partial charge in [0.1, 0.15) is 11.2 Å². The fourth-order valence-electron chi connectivity index (χ4n) is 2.09. The molecule has 0 aliphatic rings. The monoisotopic (exact) mass is 309 g/mol. The summed E-state index contributed by atoms with van der Waals surface area (Å²) in [5, 5.41) is 14.9. The van der Waals surface area contributed by atoms with Gasteiger partial charge in [-0.1, -0.05) is 25.5 Å². The Bertz CT molecular complexity index is 727. The summed E-state index contributed by atoms with van der Waals surface area (Å²) in [6, 6.07) is 6.30. The summed E-state index contributed by atoms with van der Waals surface area (Å²) in [7, 11) is 0. The SMILES string of the molecule is CCCCNC(=O)c1c(CCl)n([O-])c2ccccc2[n+]1=O.